The molecular formula is C38H56N2O6. The molecular weight excluding hydrogens is 580 g/mol. The molecule has 8 nitrogen and oxygen atoms in total. The molecule has 46 heavy (non-hydrogen) atoms. The summed E-state index contributed by atoms with van der Waals surface area (Å²) in [5.74, 6) is 2.79. The van der Waals surface area contributed by atoms with E-state index in [1.165, 1.54) is 34.2 Å². The van der Waals surface area contributed by atoms with Crippen molar-refractivity contribution < 1.29 is 29.5 Å². The molecule has 0 amide bonds. The lowest BCUT2D eigenvalue weighted by Crippen LogP contribution is -1.88. The fourth-order valence-corrected chi connectivity index (χ4v) is 3.67. The smallest absolute Gasteiger partial charge is 0.161 e. The van der Waals surface area contributed by atoms with E-state index >= 15 is 0 Å². The zero-order valence-electron chi connectivity index (χ0n) is 29.1. The van der Waals surface area contributed by atoms with E-state index < -0.39 is 0 Å². The van der Waals surface area contributed by atoms with Crippen molar-refractivity contribution in [3.63, 3.8) is 0 Å². The number of nitrogens with zero attached hydrogens (tertiary/aromatic N) is 2. The van der Waals surface area contributed by atoms with Crippen LogP contribution in [0.3, 0.4) is 0 Å². The first-order chi connectivity index (χ1) is 22.1. The van der Waals surface area contributed by atoms with E-state index in [4.69, 9.17) is 14.2 Å². The Morgan fingerprint density at radius 1 is 0.630 bits per heavy atom. The molecule has 0 spiro atoms. The van der Waals surface area contributed by atoms with Crippen LogP contribution in [0.5, 0.6) is 34.5 Å². The second-order valence-corrected chi connectivity index (χ2v) is 10.6. The number of hydrogen-bond acceptors (Lipinski definition) is 8. The molecule has 8 heteroatoms. The van der Waals surface area contributed by atoms with Crippen molar-refractivity contribution in [2.45, 2.75) is 66.7 Å². The number of phenols is 3. The fourth-order valence-electron chi connectivity index (χ4n) is 3.67. The molecule has 0 saturated heterocycles. The lowest BCUT2D eigenvalue weighted by molar-refractivity contribution is 0.373. The predicted molar refractivity (Wildman–Crippen MR) is 194 cm³/mol. The van der Waals surface area contributed by atoms with E-state index in [9.17, 15) is 15.3 Å². The molecule has 3 aromatic carbocycles. The summed E-state index contributed by atoms with van der Waals surface area (Å²) in [6.45, 7) is 16.2. The van der Waals surface area contributed by atoms with Crippen molar-refractivity contribution in [2.75, 3.05) is 34.4 Å². The summed E-state index contributed by atoms with van der Waals surface area (Å²) < 4.78 is 14.9. The van der Waals surface area contributed by atoms with Crippen molar-refractivity contribution in [2.24, 2.45) is 15.9 Å². The first-order valence-corrected chi connectivity index (χ1v) is 15.8. The highest BCUT2D eigenvalue weighted by Crippen LogP contribution is 2.27. The van der Waals surface area contributed by atoms with Crippen LogP contribution in [0, 0.1) is 5.92 Å². The molecule has 3 rings (SSSR count). The summed E-state index contributed by atoms with van der Waals surface area (Å²) in [6.07, 6.45) is 11.3. The van der Waals surface area contributed by atoms with E-state index in [-0.39, 0.29) is 17.2 Å². The van der Waals surface area contributed by atoms with Crippen LogP contribution in [0.25, 0.3) is 6.08 Å². The SMILES string of the molecule is C=Cc1ccc(O)c(OC)c1.CCCC(C)C.CCCCN=Cc1ccc(O)c(OC)c1.CCCN=Cc1ccc(O)c(OC)c1. The third kappa shape index (κ3) is 18.4. The number of hydrogen-bond donors (Lipinski definition) is 3. The molecule has 0 bridgehead atoms. The van der Waals surface area contributed by atoms with E-state index in [1.54, 1.807) is 67.0 Å². The highest BCUT2D eigenvalue weighted by atomic mass is 16.5. The predicted octanol–water partition coefficient (Wildman–Crippen LogP) is 9.34. The van der Waals surface area contributed by atoms with E-state index in [1.807, 2.05) is 6.07 Å². The van der Waals surface area contributed by atoms with E-state index in [2.05, 4.69) is 51.2 Å². The first kappa shape index (κ1) is 41.5. The maximum atomic E-state index is 9.38. The summed E-state index contributed by atoms with van der Waals surface area (Å²) in [4.78, 5) is 8.48. The lowest BCUT2D eigenvalue weighted by Gasteiger charge is -2.03. The number of methoxy groups -OCH3 is 3. The molecule has 0 atom stereocenters. The van der Waals surface area contributed by atoms with E-state index in [0.29, 0.717) is 17.2 Å². The number of unbranched alkanes of at least 4 members (excludes halogenated alkanes) is 1. The van der Waals surface area contributed by atoms with Gasteiger partial charge in [0.1, 0.15) is 0 Å². The number of aromatic hydroxyl groups is 3. The molecule has 0 radical (unpaired) electrons. The standard InChI is InChI=1S/C12H17NO2.C11H15NO2.C9H10O2.C6H14/c1-3-4-7-13-9-10-5-6-11(14)12(8-10)15-2;1-3-6-12-8-9-4-5-10(13)11(7-9)14-2;1-3-7-4-5-8(10)9(6-7)11-2;1-4-5-6(2)3/h5-6,8-9,14H,3-4,7H2,1-2H3;4-5,7-8,13H,3,6H2,1-2H3;3-6,10H,1H2,2H3;6H,4-5H2,1-3H3. The first-order valence-electron chi connectivity index (χ1n) is 15.8. The van der Waals surface area contributed by atoms with Crippen LogP contribution in [0.15, 0.2) is 71.2 Å². The maximum absolute atomic E-state index is 9.38. The topological polar surface area (TPSA) is 113 Å². The Morgan fingerprint density at radius 3 is 1.37 bits per heavy atom. The highest BCUT2D eigenvalue weighted by molar-refractivity contribution is 5.81. The van der Waals surface area contributed by atoms with Gasteiger partial charge in [-0.3, -0.25) is 9.98 Å². The summed E-state index contributed by atoms with van der Waals surface area (Å²) in [5, 5.41) is 27.9. The number of benzene rings is 3. The summed E-state index contributed by atoms with van der Waals surface area (Å²) in [7, 11) is 4.58. The fraction of sp³-hybridized carbons (Fsp3) is 0.421. The Labute approximate surface area is 277 Å². The molecule has 3 aromatic rings. The third-order valence-corrected chi connectivity index (χ3v) is 6.19. The average Bonchev–Trinajstić information content (AvgIpc) is 3.05. The van der Waals surface area contributed by atoms with Gasteiger partial charge in [-0.25, -0.2) is 0 Å². The Morgan fingerprint density at radius 2 is 1.04 bits per heavy atom. The van der Waals surface area contributed by atoms with Gasteiger partial charge < -0.3 is 29.5 Å². The van der Waals surface area contributed by atoms with Gasteiger partial charge in [-0.05, 0) is 84.0 Å². The largest absolute Gasteiger partial charge is 0.504 e. The molecule has 0 aromatic heterocycles. The summed E-state index contributed by atoms with van der Waals surface area (Å²) >= 11 is 0. The molecule has 0 aliphatic rings. The number of aliphatic imine (C=N–C) groups is 2. The van der Waals surface area contributed by atoms with Gasteiger partial charge in [-0.2, -0.15) is 0 Å². The van der Waals surface area contributed by atoms with Gasteiger partial charge in [-0.15, -0.1) is 0 Å². The Hall–Kier alpha value is -4.46. The van der Waals surface area contributed by atoms with Crippen LogP contribution >= 0.6 is 0 Å². The molecule has 0 saturated carbocycles. The molecule has 0 unspecified atom stereocenters. The normalized spacial score (nSPS) is 10.3. The lowest BCUT2D eigenvalue weighted by atomic mass is 10.1. The minimum Gasteiger partial charge on any atom is -0.504 e. The van der Waals surface area contributed by atoms with Gasteiger partial charge in [0.2, 0.25) is 0 Å². The maximum Gasteiger partial charge on any atom is 0.161 e. The highest BCUT2D eigenvalue weighted by Gasteiger charge is 2.01. The van der Waals surface area contributed by atoms with Gasteiger partial charge in [0.25, 0.3) is 0 Å². The van der Waals surface area contributed by atoms with E-state index in [0.717, 1.165) is 55.0 Å². The zero-order chi connectivity index (χ0) is 34.7. The average molecular weight is 637 g/mol. The van der Waals surface area contributed by atoms with Crippen LogP contribution in [0.1, 0.15) is 83.4 Å². The second-order valence-electron chi connectivity index (χ2n) is 10.6. The van der Waals surface area contributed by atoms with Gasteiger partial charge in [-0.1, -0.05) is 72.6 Å². The summed E-state index contributed by atoms with van der Waals surface area (Å²) in [6, 6.07) is 15.4. The van der Waals surface area contributed by atoms with Crippen molar-refractivity contribution >= 4 is 18.5 Å². The Kier molecular flexibility index (Phi) is 23.3. The van der Waals surface area contributed by atoms with Gasteiger partial charge in [0, 0.05) is 25.5 Å². The van der Waals surface area contributed by atoms with Gasteiger partial charge >= 0.3 is 0 Å². The summed E-state index contributed by atoms with van der Waals surface area (Å²) in [5.41, 5.74) is 2.81. The zero-order valence-corrected chi connectivity index (χ0v) is 29.1. The van der Waals surface area contributed by atoms with Crippen LogP contribution in [0.4, 0.5) is 0 Å². The second kappa shape index (κ2) is 25.8. The monoisotopic (exact) mass is 636 g/mol. The van der Waals surface area contributed by atoms with Crippen LogP contribution < -0.4 is 14.2 Å². The number of rotatable bonds is 13. The minimum absolute atomic E-state index is 0.151. The van der Waals surface area contributed by atoms with Gasteiger partial charge in [0.15, 0.2) is 34.5 Å². The Bertz CT molecular complexity index is 1300. The van der Waals surface area contributed by atoms with Gasteiger partial charge in [0.05, 0.1) is 21.3 Å². The van der Waals surface area contributed by atoms with Crippen molar-refractivity contribution in [3.05, 3.63) is 77.9 Å². The van der Waals surface area contributed by atoms with Crippen LogP contribution in [-0.2, 0) is 0 Å². The molecule has 0 heterocycles. The Balaban J connectivity index is 0.000000612. The molecule has 254 valence electrons. The molecule has 0 aliphatic heterocycles. The van der Waals surface area contributed by atoms with Crippen molar-refractivity contribution in [1.82, 2.24) is 0 Å². The third-order valence-electron chi connectivity index (χ3n) is 6.19. The molecule has 3 N–H and O–H groups in total. The van der Waals surface area contributed by atoms with Crippen LogP contribution in [-0.4, -0.2) is 62.2 Å². The molecule has 0 aliphatic carbocycles. The quantitative estimate of drug-likeness (QED) is 0.127. The number of ether oxygens (including phenoxy) is 3. The van der Waals surface area contributed by atoms with Crippen LogP contribution in [0.2, 0.25) is 0 Å². The number of phenolic OH excluding ortho intramolecular Hbond substituents is 3. The van der Waals surface area contributed by atoms with Crippen molar-refractivity contribution in [1.29, 1.82) is 0 Å². The molecule has 0 fully saturated rings. The van der Waals surface area contributed by atoms with Crippen molar-refractivity contribution in [3.8, 4) is 34.5 Å². The minimum atomic E-state index is 0.151.